The van der Waals surface area contributed by atoms with Gasteiger partial charge in [0.2, 0.25) is 0 Å². The van der Waals surface area contributed by atoms with Gasteiger partial charge in [-0.15, -0.1) is 0 Å². The fraction of sp³-hybridized carbons (Fsp3) is 0.706. The lowest BCUT2D eigenvalue weighted by Crippen LogP contribution is -2.25. The van der Waals surface area contributed by atoms with Crippen LogP contribution in [0.4, 0.5) is 0 Å². The normalized spacial score (nSPS) is 30.7. The van der Waals surface area contributed by atoms with E-state index in [0.29, 0.717) is 6.04 Å². The van der Waals surface area contributed by atoms with Crippen molar-refractivity contribution < 1.29 is 0 Å². The number of nitrogens with one attached hydrogen (secondary N) is 1. The van der Waals surface area contributed by atoms with E-state index < -0.39 is 0 Å². The van der Waals surface area contributed by atoms with Gasteiger partial charge in [-0.3, -0.25) is 4.98 Å². The highest BCUT2D eigenvalue weighted by Crippen LogP contribution is 2.50. The van der Waals surface area contributed by atoms with Gasteiger partial charge < -0.3 is 5.32 Å². The monoisotopic (exact) mass is 258 g/mol. The average Bonchev–Trinajstić information content (AvgIpc) is 3.00. The minimum atomic E-state index is 0.502. The number of aromatic nitrogens is 1. The standard InChI is InChI=1S/C17H26N2/c1-3-19-17(16-6-12(2)10-18-11-16)9-15-8-13-4-5-14(15)7-13/h6,10-11,13-15,17,19H,3-5,7-9H2,1-2H3. The zero-order valence-electron chi connectivity index (χ0n) is 12.2. The number of rotatable bonds is 5. The van der Waals surface area contributed by atoms with Crippen LogP contribution in [0.3, 0.4) is 0 Å². The zero-order chi connectivity index (χ0) is 13.2. The molecular formula is C17H26N2. The summed E-state index contributed by atoms with van der Waals surface area (Å²) in [6.45, 7) is 5.38. The second-order valence-corrected chi connectivity index (χ2v) is 6.58. The third-order valence-corrected chi connectivity index (χ3v) is 5.17. The molecule has 2 fully saturated rings. The smallest absolute Gasteiger partial charge is 0.0338 e. The molecule has 2 saturated carbocycles. The van der Waals surface area contributed by atoms with E-state index in [1.807, 2.05) is 12.4 Å². The van der Waals surface area contributed by atoms with E-state index >= 15 is 0 Å². The molecule has 1 N–H and O–H groups in total. The van der Waals surface area contributed by atoms with Crippen LogP contribution in [0.1, 0.15) is 56.2 Å². The second-order valence-electron chi connectivity index (χ2n) is 6.58. The molecular weight excluding hydrogens is 232 g/mol. The van der Waals surface area contributed by atoms with Gasteiger partial charge in [0.05, 0.1) is 0 Å². The molecule has 1 aromatic heterocycles. The largest absolute Gasteiger partial charge is 0.310 e. The summed E-state index contributed by atoms with van der Waals surface area (Å²) in [6.07, 6.45) is 11.3. The topological polar surface area (TPSA) is 24.9 Å². The molecule has 1 heterocycles. The molecule has 3 rings (SSSR count). The highest BCUT2D eigenvalue weighted by atomic mass is 14.9. The van der Waals surface area contributed by atoms with Crippen LogP contribution in [0.2, 0.25) is 0 Å². The lowest BCUT2D eigenvalue weighted by atomic mass is 9.83. The van der Waals surface area contributed by atoms with E-state index in [9.17, 15) is 0 Å². The molecule has 0 radical (unpaired) electrons. The quantitative estimate of drug-likeness (QED) is 0.867. The first-order valence-corrected chi connectivity index (χ1v) is 7.91. The van der Waals surface area contributed by atoms with Crippen LogP contribution in [0.5, 0.6) is 0 Å². The van der Waals surface area contributed by atoms with Crippen molar-refractivity contribution >= 4 is 0 Å². The summed E-state index contributed by atoms with van der Waals surface area (Å²) in [5.41, 5.74) is 2.65. The van der Waals surface area contributed by atoms with Crippen LogP contribution >= 0.6 is 0 Å². The van der Waals surface area contributed by atoms with Crippen LogP contribution in [0, 0.1) is 24.7 Å². The van der Waals surface area contributed by atoms with Gasteiger partial charge in [0.25, 0.3) is 0 Å². The number of aryl methyl sites for hydroxylation is 1. The number of hydrogen-bond acceptors (Lipinski definition) is 2. The van der Waals surface area contributed by atoms with E-state index in [1.165, 1.54) is 43.2 Å². The Hall–Kier alpha value is -0.890. The first-order chi connectivity index (χ1) is 9.26. The van der Waals surface area contributed by atoms with E-state index in [1.54, 1.807) is 0 Å². The molecule has 2 aliphatic carbocycles. The van der Waals surface area contributed by atoms with Gasteiger partial charge >= 0.3 is 0 Å². The molecule has 0 saturated heterocycles. The fourth-order valence-corrected chi connectivity index (χ4v) is 4.32. The summed E-state index contributed by atoms with van der Waals surface area (Å²) in [6, 6.07) is 2.80. The van der Waals surface area contributed by atoms with E-state index in [-0.39, 0.29) is 0 Å². The average molecular weight is 258 g/mol. The van der Waals surface area contributed by atoms with Crippen molar-refractivity contribution in [3.63, 3.8) is 0 Å². The molecule has 4 unspecified atom stereocenters. The summed E-state index contributed by atoms with van der Waals surface area (Å²) >= 11 is 0. The molecule has 1 aromatic rings. The Morgan fingerprint density at radius 1 is 1.32 bits per heavy atom. The van der Waals surface area contributed by atoms with Crippen molar-refractivity contribution in [1.29, 1.82) is 0 Å². The highest BCUT2D eigenvalue weighted by Gasteiger charge is 2.40. The molecule has 4 atom stereocenters. The van der Waals surface area contributed by atoms with Crippen LogP contribution in [-0.2, 0) is 0 Å². The van der Waals surface area contributed by atoms with Crippen molar-refractivity contribution in [2.75, 3.05) is 6.54 Å². The lowest BCUT2D eigenvalue weighted by Gasteiger charge is -2.27. The van der Waals surface area contributed by atoms with Gasteiger partial charge in [-0.2, -0.15) is 0 Å². The van der Waals surface area contributed by atoms with Crippen LogP contribution in [0.25, 0.3) is 0 Å². The Morgan fingerprint density at radius 3 is 2.84 bits per heavy atom. The first-order valence-electron chi connectivity index (χ1n) is 7.91. The maximum absolute atomic E-state index is 4.37. The fourth-order valence-electron chi connectivity index (χ4n) is 4.32. The Balaban J connectivity index is 1.70. The molecule has 0 aliphatic heterocycles. The van der Waals surface area contributed by atoms with Gasteiger partial charge in [-0.25, -0.2) is 0 Å². The summed E-state index contributed by atoms with van der Waals surface area (Å²) in [7, 11) is 0. The van der Waals surface area contributed by atoms with Crippen molar-refractivity contribution in [1.82, 2.24) is 10.3 Å². The molecule has 104 valence electrons. The summed E-state index contributed by atoms with van der Waals surface area (Å²) in [4.78, 5) is 4.37. The minimum Gasteiger partial charge on any atom is -0.310 e. The molecule has 0 spiro atoms. The minimum absolute atomic E-state index is 0.502. The third kappa shape index (κ3) is 2.84. The predicted octanol–water partition coefficient (Wildman–Crippen LogP) is 3.87. The Morgan fingerprint density at radius 2 is 2.21 bits per heavy atom. The molecule has 0 amide bonds. The Labute approximate surface area is 117 Å². The van der Waals surface area contributed by atoms with E-state index in [2.05, 4.69) is 30.2 Å². The van der Waals surface area contributed by atoms with E-state index in [0.717, 1.165) is 24.3 Å². The number of fused-ring (bicyclic) bond motifs is 2. The van der Waals surface area contributed by atoms with Crippen molar-refractivity contribution in [3.8, 4) is 0 Å². The van der Waals surface area contributed by atoms with Gasteiger partial charge in [0.1, 0.15) is 0 Å². The van der Waals surface area contributed by atoms with Crippen LogP contribution < -0.4 is 5.32 Å². The first kappa shape index (κ1) is 13.1. The van der Waals surface area contributed by atoms with Crippen molar-refractivity contribution in [3.05, 3.63) is 29.6 Å². The van der Waals surface area contributed by atoms with Crippen molar-refractivity contribution in [2.45, 2.75) is 52.0 Å². The van der Waals surface area contributed by atoms with Crippen LogP contribution in [0.15, 0.2) is 18.5 Å². The maximum atomic E-state index is 4.37. The molecule has 2 heteroatoms. The number of nitrogens with zero attached hydrogens (tertiary/aromatic N) is 1. The third-order valence-electron chi connectivity index (χ3n) is 5.17. The van der Waals surface area contributed by atoms with Crippen LogP contribution in [-0.4, -0.2) is 11.5 Å². The predicted molar refractivity (Wildman–Crippen MR) is 78.9 cm³/mol. The molecule has 19 heavy (non-hydrogen) atoms. The van der Waals surface area contributed by atoms with Gasteiger partial charge in [0, 0.05) is 18.4 Å². The molecule has 2 aliphatic rings. The number of hydrogen-bond donors (Lipinski definition) is 1. The maximum Gasteiger partial charge on any atom is 0.0338 e. The molecule has 0 aromatic carbocycles. The molecule has 2 bridgehead atoms. The van der Waals surface area contributed by atoms with Gasteiger partial charge in [-0.05, 0) is 68.0 Å². The van der Waals surface area contributed by atoms with Gasteiger partial charge in [0.15, 0.2) is 0 Å². The summed E-state index contributed by atoms with van der Waals surface area (Å²) < 4.78 is 0. The second kappa shape index (κ2) is 5.62. The zero-order valence-corrected chi connectivity index (χ0v) is 12.2. The van der Waals surface area contributed by atoms with E-state index in [4.69, 9.17) is 0 Å². The SMILES string of the molecule is CCNC(CC1CC2CCC1C2)c1cncc(C)c1. The van der Waals surface area contributed by atoms with Gasteiger partial charge in [-0.1, -0.05) is 19.4 Å². The number of pyridine rings is 1. The molecule has 2 nitrogen and oxygen atoms in total. The Kier molecular flexibility index (Phi) is 3.88. The summed E-state index contributed by atoms with van der Waals surface area (Å²) in [5, 5.41) is 3.67. The lowest BCUT2D eigenvalue weighted by molar-refractivity contribution is 0.280. The van der Waals surface area contributed by atoms with Crippen molar-refractivity contribution in [2.24, 2.45) is 17.8 Å². The summed E-state index contributed by atoms with van der Waals surface area (Å²) in [5.74, 6) is 3.01. The highest BCUT2D eigenvalue weighted by molar-refractivity contribution is 5.20. The Bertz CT molecular complexity index is 429.